The van der Waals surface area contributed by atoms with Crippen molar-refractivity contribution in [2.24, 2.45) is 11.7 Å². The first kappa shape index (κ1) is 17.0. The summed E-state index contributed by atoms with van der Waals surface area (Å²) in [4.78, 5) is 2.79. The van der Waals surface area contributed by atoms with Crippen molar-refractivity contribution in [1.82, 2.24) is 4.90 Å². The standard InChI is InChI=1S/C17H36N2/c1-5-9-16(18)17(6-2)19(13-12-14(3)4)15-10-7-8-11-15/h14-17H,5-13,18H2,1-4H3. The van der Waals surface area contributed by atoms with Crippen molar-refractivity contribution in [3.05, 3.63) is 0 Å². The molecule has 1 aliphatic carbocycles. The normalized spacial score (nSPS) is 20.4. The summed E-state index contributed by atoms with van der Waals surface area (Å²) in [7, 11) is 0. The SMILES string of the molecule is CCCC(N)C(CC)N(CCC(C)C)C1CCCC1. The first-order chi connectivity index (χ1) is 9.10. The number of hydrogen-bond acceptors (Lipinski definition) is 2. The molecule has 1 aliphatic rings. The molecule has 2 atom stereocenters. The van der Waals surface area contributed by atoms with Crippen LogP contribution < -0.4 is 5.73 Å². The highest BCUT2D eigenvalue weighted by Gasteiger charge is 2.30. The molecule has 0 aliphatic heterocycles. The van der Waals surface area contributed by atoms with Crippen LogP contribution in [-0.4, -0.2) is 29.6 Å². The van der Waals surface area contributed by atoms with Gasteiger partial charge in [0.05, 0.1) is 0 Å². The Morgan fingerprint density at radius 3 is 2.21 bits per heavy atom. The summed E-state index contributed by atoms with van der Waals surface area (Å²) in [6.07, 6.45) is 10.5. The summed E-state index contributed by atoms with van der Waals surface area (Å²) >= 11 is 0. The highest BCUT2D eigenvalue weighted by atomic mass is 15.2. The van der Waals surface area contributed by atoms with Gasteiger partial charge in [-0.15, -0.1) is 0 Å². The molecular formula is C17H36N2. The molecule has 1 rings (SSSR count). The summed E-state index contributed by atoms with van der Waals surface area (Å²) in [6.45, 7) is 10.5. The molecule has 1 saturated carbocycles. The van der Waals surface area contributed by atoms with Gasteiger partial charge in [0.2, 0.25) is 0 Å². The minimum atomic E-state index is 0.364. The number of nitrogens with zero attached hydrogens (tertiary/aromatic N) is 1. The fourth-order valence-corrected chi connectivity index (χ4v) is 3.57. The Balaban J connectivity index is 2.67. The van der Waals surface area contributed by atoms with Gasteiger partial charge in [-0.25, -0.2) is 0 Å². The van der Waals surface area contributed by atoms with Crippen molar-refractivity contribution >= 4 is 0 Å². The quantitative estimate of drug-likeness (QED) is 0.679. The van der Waals surface area contributed by atoms with Crippen LogP contribution in [0.4, 0.5) is 0 Å². The third kappa shape index (κ3) is 5.43. The van der Waals surface area contributed by atoms with Gasteiger partial charge in [0.25, 0.3) is 0 Å². The van der Waals surface area contributed by atoms with E-state index in [0.29, 0.717) is 12.1 Å². The van der Waals surface area contributed by atoms with Gasteiger partial charge in [-0.2, -0.15) is 0 Å². The summed E-state index contributed by atoms with van der Waals surface area (Å²) in [5.41, 5.74) is 6.47. The van der Waals surface area contributed by atoms with Gasteiger partial charge in [-0.3, -0.25) is 4.90 Å². The second kappa shape index (κ2) is 8.97. The van der Waals surface area contributed by atoms with Crippen molar-refractivity contribution in [3.8, 4) is 0 Å². The maximum atomic E-state index is 6.47. The predicted octanol–water partition coefficient (Wildman–Crippen LogP) is 4.18. The van der Waals surface area contributed by atoms with E-state index in [1.807, 2.05) is 0 Å². The molecule has 114 valence electrons. The lowest BCUT2D eigenvalue weighted by Crippen LogP contribution is -2.51. The largest absolute Gasteiger partial charge is 0.326 e. The molecular weight excluding hydrogens is 232 g/mol. The molecule has 2 heteroatoms. The van der Waals surface area contributed by atoms with E-state index in [-0.39, 0.29) is 0 Å². The van der Waals surface area contributed by atoms with E-state index in [0.717, 1.165) is 12.0 Å². The summed E-state index contributed by atoms with van der Waals surface area (Å²) in [5.74, 6) is 0.795. The van der Waals surface area contributed by atoms with Crippen molar-refractivity contribution in [1.29, 1.82) is 0 Å². The van der Waals surface area contributed by atoms with Crippen molar-refractivity contribution < 1.29 is 0 Å². The fourth-order valence-electron chi connectivity index (χ4n) is 3.57. The van der Waals surface area contributed by atoms with Gasteiger partial charge < -0.3 is 5.73 Å². The van der Waals surface area contributed by atoms with Crippen LogP contribution in [0.15, 0.2) is 0 Å². The molecule has 0 spiro atoms. The fraction of sp³-hybridized carbons (Fsp3) is 1.00. The van der Waals surface area contributed by atoms with Crippen molar-refractivity contribution in [2.75, 3.05) is 6.54 Å². The molecule has 2 unspecified atom stereocenters. The minimum Gasteiger partial charge on any atom is -0.326 e. The second-order valence-electron chi connectivity index (χ2n) is 6.79. The van der Waals surface area contributed by atoms with E-state index in [2.05, 4.69) is 32.6 Å². The third-order valence-electron chi connectivity index (χ3n) is 4.72. The maximum absolute atomic E-state index is 6.47. The lowest BCUT2D eigenvalue weighted by molar-refractivity contribution is 0.103. The number of rotatable bonds is 9. The van der Waals surface area contributed by atoms with Crippen LogP contribution in [0.1, 0.15) is 79.1 Å². The van der Waals surface area contributed by atoms with E-state index >= 15 is 0 Å². The average molecular weight is 268 g/mol. The van der Waals surface area contributed by atoms with Gasteiger partial charge in [0.15, 0.2) is 0 Å². The molecule has 0 radical (unpaired) electrons. The molecule has 0 bridgehead atoms. The summed E-state index contributed by atoms with van der Waals surface area (Å²) in [5, 5.41) is 0. The Hall–Kier alpha value is -0.0800. The Bertz CT molecular complexity index is 221. The highest BCUT2D eigenvalue weighted by Crippen LogP contribution is 2.28. The third-order valence-corrected chi connectivity index (χ3v) is 4.72. The van der Waals surface area contributed by atoms with Gasteiger partial charge in [-0.1, -0.05) is 47.0 Å². The lowest BCUT2D eigenvalue weighted by Gasteiger charge is -2.39. The predicted molar refractivity (Wildman–Crippen MR) is 85.4 cm³/mol. The monoisotopic (exact) mass is 268 g/mol. The molecule has 1 fully saturated rings. The molecule has 19 heavy (non-hydrogen) atoms. The van der Waals surface area contributed by atoms with Crippen LogP contribution in [0.2, 0.25) is 0 Å². The zero-order chi connectivity index (χ0) is 14.3. The first-order valence-electron chi connectivity index (χ1n) is 8.61. The molecule has 0 aromatic rings. The van der Waals surface area contributed by atoms with E-state index in [4.69, 9.17) is 5.73 Å². The molecule has 0 aromatic carbocycles. The minimum absolute atomic E-state index is 0.364. The van der Waals surface area contributed by atoms with E-state index in [1.54, 1.807) is 0 Å². The van der Waals surface area contributed by atoms with Gasteiger partial charge in [-0.05, 0) is 44.6 Å². The molecule has 2 nitrogen and oxygen atoms in total. The van der Waals surface area contributed by atoms with Gasteiger partial charge in [0.1, 0.15) is 0 Å². The molecule has 2 N–H and O–H groups in total. The van der Waals surface area contributed by atoms with Crippen LogP contribution in [0.25, 0.3) is 0 Å². The number of nitrogens with two attached hydrogens (primary N) is 1. The van der Waals surface area contributed by atoms with Crippen molar-refractivity contribution in [2.45, 2.75) is 97.2 Å². The van der Waals surface area contributed by atoms with Crippen LogP contribution >= 0.6 is 0 Å². The molecule has 0 saturated heterocycles. The lowest BCUT2D eigenvalue weighted by atomic mass is 9.96. The maximum Gasteiger partial charge on any atom is 0.0247 e. The van der Waals surface area contributed by atoms with Crippen LogP contribution in [0.3, 0.4) is 0 Å². The molecule has 0 aromatic heterocycles. The van der Waals surface area contributed by atoms with Gasteiger partial charge in [0, 0.05) is 18.1 Å². The summed E-state index contributed by atoms with van der Waals surface area (Å²) in [6, 6.07) is 1.77. The zero-order valence-corrected chi connectivity index (χ0v) is 13.7. The van der Waals surface area contributed by atoms with Crippen molar-refractivity contribution in [3.63, 3.8) is 0 Å². The van der Waals surface area contributed by atoms with E-state index in [9.17, 15) is 0 Å². The zero-order valence-electron chi connectivity index (χ0n) is 13.7. The molecule has 0 heterocycles. The Labute approximate surface area is 121 Å². The molecule has 0 amide bonds. The second-order valence-corrected chi connectivity index (χ2v) is 6.79. The Morgan fingerprint density at radius 1 is 1.11 bits per heavy atom. The Morgan fingerprint density at radius 2 is 1.74 bits per heavy atom. The summed E-state index contributed by atoms with van der Waals surface area (Å²) < 4.78 is 0. The Kier molecular flexibility index (Phi) is 8.01. The van der Waals surface area contributed by atoms with Crippen LogP contribution in [-0.2, 0) is 0 Å². The smallest absolute Gasteiger partial charge is 0.0247 e. The first-order valence-corrected chi connectivity index (χ1v) is 8.61. The van der Waals surface area contributed by atoms with E-state index < -0.39 is 0 Å². The highest BCUT2D eigenvalue weighted by molar-refractivity contribution is 4.87. The number of hydrogen-bond donors (Lipinski definition) is 1. The van der Waals surface area contributed by atoms with E-state index in [1.165, 1.54) is 57.9 Å². The average Bonchev–Trinajstić information content (AvgIpc) is 2.87. The topological polar surface area (TPSA) is 29.3 Å². The van der Waals surface area contributed by atoms with Gasteiger partial charge >= 0.3 is 0 Å². The van der Waals surface area contributed by atoms with Crippen LogP contribution in [0, 0.1) is 5.92 Å². The van der Waals surface area contributed by atoms with Crippen LogP contribution in [0.5, 0.6) is 0 Å².